The number of alkyl halides is 3. The Morgan fingerprint density at radius 2 is 1.71 bits per heavy atom. The Morgan fingerprint density at radius 1 is 1.24 bits per heavy atom. The van der Waals surface area contributed by atoms with Gasteiger partial charge in [0, 0.05) is 21.4 Å². The standard InChI is InChI=1S/C9H9F3.Cl2O2S/c1-2-7-4-3-5-8(6-7)9(10,11)12;1-5(2,3)4/h3-6H,2H2,1H3;. The molecule has 0 bridgehead atoms. The van der Waals surface area contributed by atoms with E-state index in [4.69, 9.17) is 8.42 Å². The van der Waals surface area contributed by atoms with E-state index in [0.717, 1.165) is 6.07 Å². The molecule has 0 N–H and O–H groups in total. The Hall–Kier alpha value is -0.460. The van der Waals surface area contributed by atoms with Gasteiger partial charge in [-0.2, -0.15) is 21.6 Å². The molecule has 0 aliphatic rings. The molecule has 1 rings (SSSR count). The van der Waals surface area contributed by atoms with E-state index in [0.29, 0.717) is 12.0 Å². The Labute approximate surface area is 106 Å². The highest BCUT2D eigenvalue weighted by molar-refractivity contribution is 8.31. The highest BCUT2D eigenvalue weighted by Gasteiger charge is 2.30. The molecule has 0 spiro atoms. The molecule has 0 saturated heterocycles. The Morgan fingerprint density at radius 3 is 2.06 bits per heavy atom. The van der Waals surface area contributed by atoms with Crippen LogP contribution in [0.25, 0.3) is 0 Å². The number of hydrogen-bond acceptors (Lipinski definition) is 2. The summed E-state index contributed by atoms with van der Waals surface area (Å²) in [6.07, 6.45) is -3.59. The van der Waals surface area contributed by atoms with Gasteiger partial charge in [0.15, 0.2) is 0 Å². The molecule has 2 nitrogen and oxygen atoms in total. The van der Waals surface area contributed by atoms with E-state index in [-0.39, 0.29) is 0 Å². The van der Waals surface area contributed by atoms with Crippen LogP contribution in [-0.4, -0.2) is 8.42 Å². The molecule has 0 unspecified atom stereocenters. The number of benzene rings is 1. The van der Waals surface area contributed by atoms with Crippen LogP contribution in [-0.2, 0) is 20.9 Å². The quantitative estimate of drug-likeness (QED) is 0.735. The van der Waals surface area contributed by atoms with Crippen LogP contribution in [0, 0.1) is 0 Å². The van der Waals surface area contributed by atoms with Crippen molar-refractivity contribution in [3.05, 3.63) is 35.4 Å². The Bertz CT molecular complexity index is 450. The fraction of sp³-hybridized carbons (Fsp3) is 0.333. The second-order valence-corrected chi connectivity index (χ2v) is 6.60. The van der Waals surface area contributed by atoms with Crippen molar-refractivity contribution in [2.75, 3.05) is 0 Å². The predicted octanol–water partition coefficient (Wildman–Crippen LogP) is 3.98. The van der Waals surface area contributed by atoms with E-state index in [2.05, 4.69) is 21.4 Å². The maximum absolute atomic E-state index is 12.1. The zero-order chi connectivity index (χ0) is 13.7. The molecule has 1 aromatic rings. The molecule has 0 aliphatic heterocycles. The van der Waals surface area contributed by atoms with Crippen LogP contribution in [0.4, 0.5) is 13.2 Å². The van der Waals surface area contributed by atoms with Crippen LogP contribution in [0.2, 0.25) is 0 Å². The molecule has 0 fully saturated rings. The van der Waals surface area contributed by atoms with Gasteiger partial charge in [0.05, 0.1) is 5.56 Å². The summed E-state index contributed by atoms with van der Waals surface area (Å²) < 4.78 is 54.6. The third kappa shape index (κ3) is 9.26. The minimum Gasteiger partial charge on any atom is -0.195 e. The summed E-state index contributed by atoms with van der Waals surface area (Å²) in [5, 5.41) is 0. The molecule has 0 amide bonds. The van der Waals surface area contributed by atoms with Crippen LogP contribution in [0.5, 0.6) is 0 Å². The summed E-state index contributed by atoms with van der Waals surface area (Å²) in [4.78, 5) is 0. The normalized spacial score (nSPS) is 11.6. The maximum Gasteiger partial charge on any atom is 0.416 e. The van der Waals surface area contributed by atoms with Gasteiger partial charge in [0.25, 0.3) is 0 Å². The molecule has 0 aromatic heterocycles. The van der Waals surface area contributed by atoms with E-state index in [1.54, 1.807) is 6.07 Å². The fourth-order valence-electron chi connectivity index (χ4n) is 0.968. The SMILES string of the molecule is CCc1cccc(C(F)(F)F)c1.O=S(=O)(Cl)Cl. The highest BCUT2D eigenvalue weighted by Crippen LogP contribution is 2.29. The lowest BCUT2D eigenvalue weighted by Crippen LogP contribution is -2.04. The molecule has 1 aromatic carbocycles. The second kappa shape index (κ2) is 6.47. The third-order valence-corrected chi connectivity index (χ3v) is 1.66. The lowest BCUT2D eigenvalue weighted by Gasteiger charge is -2.06. The van der Waals surface area contributed by atoms with Gasteiger partial charge in [-0.05, 0) is 18.1 Å². The predicted molar refractivity (Wildman–Crippen MR) is 61.4 cm³/mol. The topological polar surface area (TPSA) is 34.1 Å². The van der Waals surface area contributed by atoms with Crippen molar-refractivity contribution in [1.29, 1.82) is 0 Å². The van der Waals surface area contributed by atoms with Gasteiger partial charge >= 0.3 is 14.4 Å². The number of aryl methyl sites for hydroxylation is 1. The summed E-state index contributed by atoms with van der Waals surface area (Å²) in [6, 6.07) is 5.38. The van der Waals surface area contributed by atoms with E-state index in [1.807, 2.05) is 6.92 Å². The van der Waals surface area contributed by atoms with Crippen LogP contribution >= 0.6 is 21.4 Å². The van der Waals surface area contributed by atoms with Crippen LogP contribution in [0.1, 0.15) is 18.1 Å². The molecular weight excluding hydrogens is 300 g/mol. The molecule has 98 valence electrons. The van der Waals surface area contributed by atoms with E-state index in [9.17, 15) is 13.2 Å². The van der Waals surface area contributed by atoms with Gasteiger partial charge in [0.2, 0.25) is 0 Å². The largest absolute Gasteiger partial charge is 0.416 e. The molecule has 8 heteroatoms. The van der Waals surface area contributed by atoms with E-state index in [1.165, 1.54) is 12.1 Å². The number of halogens is 5. The third-order valence-electron chi connectivity index (χ3n) is 1.66. The summed E-state index contributed by atoms with van der Waals surface area (Å²) in [6.45, 7) is 1.83. The van der Waals surface area contributed by atoms with Crippen molar-refractivity contribution in [2.24, 2.45) is 0 Å². The molecular formula is C9H9Cl2F3O2S. The lowest BCUT2D eigenvalue weighted by atomic mass is 10.1. The number of rotatable bonds is 1. The first-order valence-corrected chi connectivity index (χ1v) is 7.48. The van der Waals surface area contributed by atoms with E-state index >= 15 is 0 Å². The number of hydrogen-bond donors (Lipinski definition) is 0. The first kappa shape index (κ1) is 16.5. The Kier molecular flexibility index (Phi) is 6.29. The second-order valence-electron chi connectivity index (χ2n) is 2.93. The summed E-state index contributed by atoms with van der Waals surface area (Å²) in [7, 11) is 4.81. The van der Waals surface area contributed by atoms with Crippen LogP contribution in [0.15, 0.2) is 24.3 Å². The summed E-state index contributed by atoms with van der Waals surface area (Å²) >= 11 is 0. The first-order valence-electron chi connectivity index (χ1n) is 4.34. The first-order chi connectivity index (χ1) is 7.54. The van der Waals surface area contributed by atoms with Gasteiger partial charge in [-0.1, -0.05) is 25.1 Å². The molecule has 0 radical (unpaired) electrons. The van der Waals surface area contributed by atoms with Gasteiger partial charge in [-0.25, -0.2) is 0 Å². The van der Waals surface area contributed by atoms with Crippen molar-refractivity contribution in [1.82, 2.24) is 0 Å². The molecule has 0 atom stereocenters. The maximum atomic E-state index is 12.1. The lowest BCUT2D eigenvalue weighted by molar-refractivity contribution is -0.137. The van der Waals surface area contributed by atoms with Gasteiger partial charge in [-0.15, -0.1) is 0 Å². The molecule has 17 heavy (non-hydrogen) atoms. The van der Waals surface area contributed by atoms with Crippen molar-refractivity contribution in [3.8, 4) is 0 Å². The van der Waals surface area contributed by atoms with Crippen molar-refractivity contribution >= 4 is 29.6 Å². The zero-order valence-electron chi connectivity index (χ0n) is 8.63. The summed E-state index contributed by atoms with van der Waals surface area (Å²) in [5.41, 5.74) is 0.145. The van der Waals surface area contributed by atoms with Gasteiger partial charge in [-0.3, -0.25) is 0 Å². The van der Waals surface area contributed by atoms with E-state index < -0.39 is 20.0 Å². The average molecular weight is 309 g/mol. The van der Waals surface area contributed by atoms with Crippen LogP contribution < -0.4 is 0 Å². The van der Waals surface area contributed by atoms with Crippen molar-refractivity contribution in [3.63, 3.8) is 0 Å². The molecule has 0 heterocycles. The van der Waals surface area contributed by atoms with Crippen molar-refractivity contribution in [2.45, 2.75) is 19.5 Å². The monoisotopic (exact) mass is 308 g/mol. The highest BCUT2D eigenvalue weighted by atomic mass is 36.0. The van der Waals surface area contributed by atoms with Crippen LogP contribution in [0.3, 0.4) is 0 Å². The molecule has 0 aliphatic carbocycles. The van der Waals surface area contributed by atoms with Crippen molar-refractivity contribution < 1.29 is 21.6 Å². The minimum absolute atomic E-state index is 0.568. The van der Waals surface area contributed by atoms with Gasteiger partial charge in [0.1, 0.15) is 0 Å². The summed E-state index contributed by atoms with van der Waals surface area (Å²) in [5.74, 6) is 0. The molecule has 0 saturated carbocycles. The smallest absolute Gasteiger partial charge is 0.195 e. The van der Waals surface area contributed by atoms with Gasteiger partial charge < -0.3 is 0 Å². The Balaban J connectivity index is 0.000000437. The zero-order valence-corrected chi connectivity index (χ0v) is 11.0. The fourth-order valence-corrected chi connectivity index (χ4v) is 0.968. The minimum atomic E-state index is -4.22. The average Bonchev–Trinajstić information content (AvgIpc) is 2.14.